The van der Waals surface area contributed by atoms with Crippen LogP contribution < -0.4 is 10.6 Å². The van der Waals surface area contributed by atoms with Crippen LogP contribution in [0.2, 0.25) is 0 Å². The molecule has 1 aromatic carbocycles. The van der Waals surface area contributed by atoms with Crippen LogP contribution in [0.5, 0.6) is 0 Å². The zero-order valence-corrected chi connectivity index (χ0v) is 13.2. The molecule has 0 atom stereocenters. The summed E-state index contributed by atoms with van der Waals surface area (Å²) in [6.45, 7) is 10.5. The summed E-state index contributed by atoms with van der Waals surface area (Å²) in [5.41, 5.74) is 2.59. The minimum Gasteiger partial charge on any atom is -0.355 e. The SMILES string of the molecule is CC(C)CNC(=O)CNCc1ccc(CC(C)C)cc1. The van der Waals surface area contributed by atoms with Crippen LogP contribution in [-0.4, -0.2) is 19.0 Å². The summed E-state index contributed by atoms with van der Waals surface area (Å²) in [6.07, 6.45) is 1.12. The minimum atomic E-state index is 0.0649. The molecule has 0 bridgehead atoms. The number of hydrogen-bond acceptors (Lipinski definition) is 2. The van der Waals surface area contributed by atoms with E-state index in [2.05, 4.69) is 62.6 Å². The van der Waals surface area contributed by atoms with Crippen LogP contribution in [-0.2, 0) is 17.8 Å². The predicted octanol–water partition coefficient (Wildman–Crippen LogP) is 2.75. The molecule has 2 N–H and O–H groups in total. The van der Waals surface area contributed by atoms with Crippen LogP contribution >= 0.6 is 0 Å². The molecule has 0 saturated heterocycles. The Morgan fingerprint density at radius 1 is 1.00 bits per heavy atom. The Kier molecular flexibility index (Phi) is 7.31. The van der Waals surface area contributed by atoms with Crippen molar-refractivity contribution in [3.63, 3.8) is 0 Å². The van der Waals surface area contributed by atoms with Crippen LogP contribution in [0.1, 0.15) is 38.8 Å². The Bertz CT molecular complexity index is 396. The number of carbonyl (C=O) groups excluding carboxylic acids is 1. The van der Waals surface area contributed by atoms with E-state index in [4.69, 9.17) is 0 Å². The molecule has 0 aliphatic rings. The average molecular weight is 276 g/mol. The van der Waals surface area contributed by atoms with Gasteiger partial charge in [0.1, 0.15) is 0 Å². The van der Waals surface area contributed by atoms with Crippen molar-refractivity contribution in [2.45, 2.75) is 40.7 Å². The van der Waals surface area contributed by atoms with Gasteiger partial charge in [0.05, 0.1) is 6.54 Å². The Balaban J connectivity index is 2.26. The summed E-state index contributed by atoms with van der Waals surface area (Å²) < 4.78 is 0. The molecule has 1 aromatic rings. The second kappa shape index (κ2) is 8.75. The second-order valence-electron chi connectivity index (χ2n) is 6.22. The van der Waals surface area contributed by atoms with Gasteiger partial charge >= 0.3 is 0 Å². The van der Waals surface area contributed by atoms with E-state index in [0.717, 1.165) is 19.5 Å². The van der Waals surface area contributed by atoms with Gasteiger partial charge in [-0.1, -0.05) is 52.0 Å². The highest BCUT2D eigenvalue weighted by molar-refractivity contribution is 5.77. The molecule has 0 aliphatic carbocycles. The third kappa shape index (κ3) is 7.29. The van der Waals surface area contributed by atoms with E-state index >= 15 is 0 Å². The van der Waals surface area contributed by atoms with Crippen molar-refractivity contribution in [3.8, 4) is 0 Å². The fraction of sp³-hybridized carbons (Fsp3) is 0.588. The molecule has 20 heavy (non-hydrogen) atoms. The lowest BCUT2D eigenvalue weighted by Gasteiger charge is -2.09. The fourth-order valence-corrected chi connectivity index (χ4v) is 1.97. The van der Waals surface area contributed by atoms with Gasteiger partial charge in [0.2, 0.25) is 5.91 Å². The summed E-state index contributed by atoms with van der Waals surface area (Å²) in [5, 5.41) is 6.07. The molecule has 1 amide bonds. The lowest BCUT2D eigenvalue weighted by Crippen LogP contribution is -2.35. The Morgan fingerprint density at radius 2 is 1.60 bits per heavy atom. The summed E-state index contributed by atoms with van der Waals surface area (Å²) in [4.78, 5) is 11.5. The maximum Gasteiger partial charge on any atom is 0.233 e. The standard InChI is InChI=1S/C17H28N2O/c1-13(2)9-15-5-7-16(8-6-15)11-18-12-17(20)19-10-14(3)4/h5-8,13-14,18H,9-12H2,1-4H3,(H,19,20). The number of hydrogen-bond donors (Lipinski definition) is 2. The van der Waals surface area contributed by atoms with E-state index in [9.17, 15) is 4.79 Å². The summed E-state index contributed by atoms with van der Waals surface area (Å²) in [5.74, 6) is 1.24. The third-order valence-corrected chi connectivity index (χ3v) is 2.99. The molecule has 0 saturated carbocycles. The highest BCUT2D eigenvalue weighted by Gasteiger charge is 2.02. The second-order valence-corrected chi connectivity index (χ2v) is 6.22. The van der Waals surface area contributed by atoms with E-state index < -0.39 is 0 Å². The monoisotopic (exact) mass is 276 g/mol. The first-order chi connectivity index (χ1) is 9.47. The van der Waals surface area contributed by atoms with E-state index in [1.54, 1.807) is 0 Å². The molecule has 112 valence electrons. The first-order valence-corrected chi connectivity index (χ1v) is 7.52. The third-order valence-electron chi connectivity index (χ3n) is 2.99. The fourth-order valence-electron chi connectivity index (χ4n) is 1.97. The van der Waals surface area contributed by atoms with Crippen LogP contribution in [0.3, 0.4) is 0 Å². The molecule has 0 heterocycles. The van der Waals surface area contributed by atoms with Crippen LogP contribution in [0.4, 0.5) is 0 Å². The zero-order chi connectivity index (χ0) is 15.0. The van der Waals surface area contributed by atoms with Gasteiger partial charge in [-0.2, -0.15) is 0 Å². The average Bonchev–Trinajstić information content (AvgIpc) is 2.38. The van der Waals surface area contributed by atoms with E-state index in [-0.39, 0.29) is 5.91 Å². The van der Waals surface area contributed by atoms with E-state index in [1.165, 1.54) is 11.1 Å². The Hall–Kier alpha value is -1.35. The summed E-state index contributed by atoms with van der Waals surface area (Å²) in [7, 11) is 0. The van der Waals surface area contributed by atoms with Crippen molar-refractivity contribution in [2.75, 3.05) is 13.1 Å². The lowest BCUT2D eigenvalue weighted by molar-refractivity contribution is -0.120. The smallest absolute Gasteiger partial charge is 0.233 e. The van der Waals surface area contributed by atoms with Gasteiger partial charge in [0.15, 0.2) is 0 Å². The summed E-state index contributed by atoms with van der Waals surface area (Å²) >= 11 is 0. The van der Waals surface area contributed by atoms with Gasteiger partial charge < -0.3 is 10.6 Å². The van der Waals surface area contributed by atoms with E-state index in [0.29, 0.717) is 18.4 Å². The van der Waals surface area contributed by atoms with Gasteiger partial charge in [0, 0.05) is 13.1 Å². The van der Waals surface area contributed by atoms with Crippen molar-refractivity contribution < 1.29 is 4.79 Å². The highest BCUT2D eigenvalue weighted by Crippen LogP contribution is 2.09. The molecular formula is C17H28N2O. The lowest BCUT2D eigenvalue weighted by atomic mass is 10.0. The van der Waals surface area contributed by atoms with Gasteiger partial charge in [-0.25, -0.2) is 0 Å². The van der Waals surface area contributed by atoms with E-state index in [1.807, 2.05) is 0 Å². The number of benzene rings is 1. The van der Waals surface area contributed by atoms with Gasteiger partial charge in [-0.05, 0) is 29.4 Å². The molecule has 3 nitrogen and oxygen atoms in total. The molecular weight excluding hydrogens is 248 g/mol. The molecule has 3 heteroatoms. The van der Waals surface area contributed by atoms with Crippen molar-refractivity contribution in [1.29, 1.82) is 0 Å². The number of carbonyl (C=O) groups is 1. The van der Waals surface area contributed by atoms with Gasteiger partial charge in [-0.15, -0.1) is 0 Å². The Morgan fingerprint density at radius 3 is 2.15 bits per heavy atom. The van der Waals surface area contributed by atoms with Crippen molar-refractivity contribution in [3.05, 3.63) is 35.4 Å². The molecule has 0 unspecified atom stereocenters. The zero-order valence-electron chi connectivity index (χ0n) is 13.2. The first kappa shape index (κ1) is 16.7. The normalized spacial score (nSPS) is 11.1. The van der Waals surface area contributed by atoms with Crippen LogP contribution in [0.25, 0.3) is 0 Å². The Labute approximate surface area is 123 Å². The van der Waals surface area contributed by atoms with Gasteiger partial charge in [0.25, 0.3) is 0 Å². The van der Waals surface area contributed by atoms with Crippen molar-refractivity contribution >= 4 is 5.91 Å². The molecule has 0 aliphatic heterocycles. The number of nitrogens with one attached hydrogen (secondary N) is 2. The number of rotatable bonds is 8. The van der Waals surface area contributed by atoms with Crippen molar-refractivity contribution in [2.24, 2.45) is 11.8 Å². The molecule has 0 fully saturated rings. The molecule has 0 aromatic heterocycles. The van der Waals surface area contributed by atoms with Crippen molar-refractivity contribution in [1.82, 2.24) is 10.6 Å². The summed E-state index contributed by atoms with van der Waals surface area (Å²) in [6, 6.07) is 8.62. The minimum absolute atomic E-state index is 0.0649. The van der Waals surface area contributed by atoms with Crippen LogP contribution in [0, 0.1) is 11.8 Å². The number of amides is 1. The highest BCUT2D eigenvalue weighted by atomic mass is 16.1. The molecule has 0 radical (unpaired) electrons. The quantitative estimate of drug-likeness (QED) is 0.766. The largest absolute Gasteiger partial charge is 0.355 e. The predicted molar refractivity (Wildman–Crippen MR) is 84.5 cm³/mol. The topological polar surface area (TPSA) is 41.1 Å². The first-order valence-electron chi connectivity index (χ1n) is 7.52. The maximum absolute atomic E-state index is 11.5. The van der Waals surface area contributed by atoms with Crippen LogP contribution in [0.15, 0.2) is 24.3 Å². The molecule has 1 rings (SSSR count). The maximum atomic E-state index is 11.5. The van der Waals surface area contributed by atoms with Gasteiger partial charge in [-0.3, -0.25) is 4.79 Å². The molecule has 0 spiro atoms.